The zero-order valence-corrected chi connectivity index (χ0v) is 9.57. The summed E-state index contributed by atoms with van der Waals surface area (Å²) >= 11 is 0. The largest absolute Gasteiger partial charge is 0.487 e. The average Bonchev–Trinajstić information content (AvgIpc) is 2.36. The fraction of sp³-hybridized carbons (Fsp3) is 0.167. The third kappa shape index (κ3) is 3.57. The van der Waals surface area contributed by atoms with E-state index in [1.54, 1.807) is 0 Å². The maximum atomic E-state index is 12.3. The first-order valence-corrected chi connectivity index (χ1v) is 5.29. The van der Waals surface area contributed by atoms with E-state index in [1.165, 1.54) is 24.4 Å². The molecule has 4 nitrogen and oxygen atoms in total. The maximum Gasteiger partial charge on any atom is 0.416 e. The molecule has 0 aliphatic heterocycles. The van der Waals surface area contributed by atoms with Crippen LogP contribution in [0.2, 0.25) is 0 Å². The number of ether oxygens (including phenoxy) is 1. The van der Waals surface area contributed by atoms with Crippen LogP contribution >= 0.6 is 0 Å². The molecule has 7 heteroatoms. The Morgan fingerprint density at radius 2 is 1.89 bits per heavy atom. The summed E-state index contributed by atoms with van der Waals surface area (Å²) in [6.07, 6.45) is -3.04. The molecule has 0 saturated carbocycles. The van der Waals surface area contributed by atoms with Gasteiger partial charge in [0, 0.05) is 6.07 Å². The molecule has 0 spiro atoms. The van der Waals surface area contributed by atoms with Gasteiger partial charge in [-0.15, -0.1) is 0 Å². The van der Waals surface area contributed by atoms with Gasteiger partial charge in [0.15, 0.2) is 0 Å². The average molecular weight is 270 g/mol. The van der Waals surface area contributed by atoms with Gasteiger partial charge in [0.1, 0.15) is 12.4 Å². The Labute approximate surface area is 105 Å². The minimum Gasteiger partial charge on any atom is -0.487 e. The van der Waals surface area contributed by atoms with Crippen LogP contribution in [0.1, 0.15) is 11.1 Å². The normalized spacial score (nSPS) is 11.3. The van der Waals surface area contributed by atoms with Gasteiger partial charge in [0.05, 0.1) is 11.8 Å². The number of H-pyrrole nitrogens is 1. The summed E-state index contributed by atoms with van der Waals surface area (Å²) in [5.74, 6) is 0.253. The lowest BCUT2D eigenvalue weighted by Gasteiger charge is -2.08. The molecule has 0 aliphatic rings. The van der Waals surface area contributed by atoms with Crippen molar-refractivity contribution in [3.05, 3.63) is 58.0 Å². The molecule has 1 heterocycles. The Bertz CT molecular complexity index is 605. The molecule has 0 saturated heterocycles. The van der Waals surface area contributed by atoms with E-state index >= 15 is 0 Å². The number of aromatic amines is 1. The SMILES string of the molecule is O=c1cc(OCc2ccc(C(F)(F)F)cc2)cn[nH]1. The molecule has 19 heavy (non-hydrogen) atoms. The van der Waals surface area contributed by atoms with Crippen LogP contribution in [0.5, 0.6) is 5.75 Å². The Hall–Kier alpha value is -2.31. The molecular formula is C12H9F3N2O2. The van der Waals surface area contributed by atoms with Crippen LogP contribution in [0.15, 0.2) is 41.3 Å². The second kappa shape index (κ2) is 5.13. The maximum absolute atomic E-state index is 12.3. The van der Waals surface area contributed by atoms with Crippen molar-refractivity contribution >= 4 is 0 Å². The third-order valence-electron chi connectivity index (χ3n) is 2.33. The third-order valence-corrected chi connectivity index (χ3v) is 2.33. The number of nitrogens with zero attached hydrogens (tertiary/aromatic N) is 1. The lowest BCUT2D eigenvalue weighted by Crippen LogP contribution is -2.07. The van der Waals surface area contributed by atoms with E-state index in [1.807, 2.05) is 0 Å². The minimum atomic E-state index is -4.35. The van der Waals surface area contributed by atoms with E-state index in [9.17, 15) is 18.0 Å². The fourth-order valence-corrected chi connectivity index (χ4v) is 1.39. The van der Waals surface area contributed by atoms with Crippen molar-refractivity contribution in [1.82, 2.24) is 10.2 Å². The lowest BCUT2D eigenvalue weighted by molar-refractivity contribution is -0.137. The number of rotatable bonds is 3. The molecular weight excluding hydrogens is 261 g/mol. The molecule has 100 valence electrons. The first-order chi connectivity index (χ1) is 8.95. The van der Waals surface area contributed by atoms with Crippen molar-refractivity contribution in [2.75, 3.05) is 0 Å². The monoisotopic (exact) mass is 270 g/mol. The predicted molar refractivity (Wildman–Crippen MR) is 60.6 cm³/mol. The molecule has 0 radical (unpaired) electrons. The molecule has 0 aliphatic carbocycles. The minimum absolute atomic E-state index is 0.0588. The van der Waals surface area contributed by atoms with Crippen molar-refractivity contribution in [2.24, 2.45) is 0 Å². The summed E-state index contributed by atoms with van der Waals surface area (Å²) < 4.78 is 42.2. The van der Waals surface area contributed by atoms with Crippen molar-refractivity contribution < 1.29 is 17.9 Å². The Balaban J connectivity index is 2.03. The van der Waals surface area contributed by atoms with Crippen molar-refractivity contribution in [1.29, 1.82) is 0 Å². The topological polar surface area (TPSA) is 55.0 Å². The predicted octanol–water partition coefficient (Wildman–Crippen LogP) is 2.37. The highest BCUT2D eigenvalue weighted by molar-refractivity contribution is 5.24. The number of hydrogen-bond donors (Lipinski definition) is 1. The van der Waals surface area contributed by atoms with Crippen LogP contribution in [-0.2, 0) is 12.8 Å². The summed E-state index contributed by atoms with van der Waals surface area (Å²) in [5, 5.41) is 5.72. The molecule has 0 fully saturated rings. The van der Waals surface area contributed by atoms with Crippen LogP contribution in [-0.4, -0.2) is 10.2 Å². The number of alkyl halides is 3. The van der Waals surface area contributed by atoms with Crippen molar-refractivity contribution in [3.63, 3.8) is 0 Å². The molecule has 0 unspecified atom stereocenters. The van der Waals surface area contributed by atoms with Gasteiger partial charge in [-0.25, -0.2) is 5.10 Å². The van der Waals surface area contributed by atoms with Crippen LogP contribution in [0, 0.1) is 0 Å². The Morgan fingerprint density at radius 3 is 2.47 bits per heavy atom. The zero-order chi connectivity index (χ0) is 13.9. The molecule has 0 atom stereocenters. The highest BCUT2D eigenvalue weighted by atomic mass is 19.4. The number of hydrogen-bond acceptors (Lipinski definition) is 3. The van der Waals surface area contributed by atoms with Gasteiger partial charge in [-0.2, -0.15) is 18.3 Å². The Morgan fingerprint density at radius 1 is 1.21 bits per heavy atom. The van der Waals surface area contributed by atoms with Gasteiger partial charge in [-0.05, 0) is 17.7 Å². The Kier molecular flexibility index (Phi) is 3.55. The van der Waals surface area contributed by atoms with Gasteiger partial charge in [0.2, 0.25) is 0 Å². The summed E-state index contributed by atoms with van der Waals surface area (Å²) in [7, 11) is 0. The summed E-state index contributed by atoms with van der Waals surface area (Å²) in [5.41, 5.74) is -0.563. The molecule has 0 amide bonds. The molecule has 0 bridgehead atoms. The smallest absolute Gasteiger partial charge is 0.416 e. The molecule has 1 aromatic carbocycles. The molecule has 1 aromatic heterocycles. The van der Waals surface area contributed by atoms with E-state index in [0.29, 0.717) is 5.56 Å². The number of benzene rings is 1. The quantitative estimate of drug-likeness (QED) is 0.931. The first kappa shape index (κ1) is 13.1. The van der Waals surface area contributed by atoms with Crippen LogP contribution in [0.4, 0.5) is 13.2 Å². The van der Waals surface area contributed by atoms with E-state index in [2.05, 4.69) is 10.2 Å². The van der Waals surface area contributed by atoms with Gasteiger partial charge >= 0.3 is 6.18 Å². The van der Waals surface area contributed by atoms with E-state index in [4.69, 9.17) is 4.74 Å². The standard InChI is InChI=1S/C12H9F3N2O2/c13-12(14,15)9-3-1-8(2-4-9)7-19-10-5-11(18)17-16-6-10/h1-6H,7H2,(H,17,18). The zero-order valence-electron chi connectivity index (χ0n) is 9.57. The summed E-state index contributed by atoms with van der Waals surface area (Å²) in [6, 6.07) is 5.81. The van der Waals surface area contributed by atoms with E-state index in [0.717, 1.165) is 12.1 Å². The second-order valence-corrected chi connectivity index (χ2v) is 3.76. The van der Waals surface area contributed by atoms with Crippen LogP contribution in [0.25, 0.3) is 0 Å². The molecule has 2 rings (SSSR count). The van der Waals surface area contributed by atoms with Crippen molar-refractivity contribution in [3.8, 4) is 5.75 Å². The second-order valence-electron chi connectivity index (χ2n) is 3.76. The van der Waals surface area contributed by atoms with E-state index < -0.39 is 17.3 Å². The summed E-state index contributed by atoms with van der Waals surface area (Å²) in [6.45, 7) is 0.0588. The van der Waals surface area contributed by atoms with Gasteiger partial charge < -0.3 is 4.74 Å². The fourth-order valence-electron chi connectivity index (χ4n) is 1.39. The lowest BCUT2D eigenvalue weighted by atomic mass is 10.1. The first-order valence-electron chi connectivity index (χ1n) is 5.29. The number of aromatic nitrogens is 2. The van der Waals surface area contributed by atoms with Crippen LogP contribution < -0.4 is 10.3 Å². The van der Waals surface area contributed by atoms with Crippen LogP contribution in [0.3, 0.4) is 0 Å². The molecule has 1 N–H and O–H groups in total. The molecule has 2 aromatic rings. The summed E-state index contributed by atoms with van der Waals surface area (Å²) in [4.78, 5) is 10.9. The number of halogens is 3. The van der Waals surface area contributed by atoms with Gasteiger partial charge in [-0.1, -0.05) is 12.1 Å². The highest BCUT2D eigenvalue weighted by Gasteiger charge is 2.29. The highest BCUT2D eigenvalue weighted by Crippen LogP contribution is 2.29. The van der Waals surface area contributed by atoms with Gasteiger partial charge in [0.25, 0.3) is 5.56 Å². The number of nitrogens with one attached hydrogen (secondary N) is 1. The van der Waals surface area contributed by atoms with Gasteiger partial charge in [-0.3, -0.25) is 4.79 Å². The van der Waals surface area contributed by atoms with Crippen molar-refractivity contribution in [2.45, 2.75) is 12.8 Å². The van der Waals surface area contributed by atoms with E-state index in [-0.39, 0.29) is 12.4 Å².